The number of pyridine rings is 1. The van der Waals surface area contributed by atoms with Gasteiger partial charge in [0.1, 0.15) is 5.82 Å². The largest absolute Gasteiger partial charge is 0.337 e. The van der Waals surface area contributed by atoms with E-state index in [9.17, 15) is 0 Å². The van der Waals surface area contributed by atoms with Crippen molar-refractivity contribution in [1.82, 2.24) is 14.8 Å². The van der Waals surface area contributed by atoms with Gasteiger partial charge in [0.05, 0.1) is 11.4 Å². The Bertz CT molecular complexity index is 461. The molecule has 0 aliphatic carbocycles. The molecule has 0 saturated carbocycles. The highest BCUT2D eigenvalue weighted by Crippen LogP contribution is 2.18. The predicted octanol–water partition coefficient (Wildman–Crippen LogP) is 2.63. The minimum Gasteiger partial charge on any atom is -0.337 e. The van der Waals surface area contributed by atoms with E-state index in [0.717, 1.165) is 21.7 Å². The number of aromatic nitrogens is 3. The summed E-state index contributed by atoms with van der Waals surface area (Å²) in [4.78, 5) is 4.23. The highest BCUT2D eigenvalue weighted by atomic mass is 79.9. The molecule has 15 heavy (non-hydrogen) atoms. The molecule has 0 amide bonds. The third-order valence-corrected chi connectivity index (χ3v) is 2.47. The number of rotatable bonds is 2. The maximum Gasteiger partial charge on any atom is 0.130 e. The first-order chi connectivity index (χ1) is 7.15. The van der Waals surface area contributed by atoms with E-state index in [0.29, 0.717) is 0 Å². The van der Waals surface area contributed by atoms with Crippen LogP contribution in [0, 0.1) is 6.92 Å². The van der Waals surface area contributed by atoms with Gasteiger partial charge in [-0.2, -0.15) is 5.10 Å². The fraction of sp³-hybridized carbons (Fsp3) is 0.200. The molecule has 0 unspecified atom stereocenters. The summed E-state index contributed by atoms with van der Waals surface area (Å²) in [5.41, 5.74) is 1.94. The smallest absolute Gasteiger partial charge is 0.130 e. The normalized spacial score (nSPS) is 10.3. The number of anilines is 2. The first kappa shape index (κ1) is 10.2. The summed E-state index contributed by atoms with van der Waals surface area (Å²) in [5, 5.41) is 7.45. The van der Waals surface area contributed by atoms with Crippen LogP contribution in [0.5, 0.6) is 0 Å². The molecular formula is C10H11BrN4. The summed E-state index contributed by atoms with van der Waals surface area (Å²) < 4.78 is 2.74. The van der Waals surface area contributed by atoms with Crippen LogP contribution in [-0.2, 0) is 7.05 Å². The number of hydrogen-bond donors (Lipinski definition) is 1. The Kier molecular flexibility index (Phi) is 2.73. The molecule has 0 aliphatic heterocycles. The van der Waals surface area contributed by atoms with Gasteiger partial charge in [-0.1, -0.05) is 0 Å². The van der Waals surface area contributed by atoms with Crippen molar-refractivity contribution in [2.45, 2.75) is 6.92 Å². The van der Waals surface area contributed by atoms with E-state index in [2.05, 4.69) is 31.3 Å². The number of aryl methyl sites for hydroxylation is 2. The van der Waals surface area contributed by atoms with Crippen molar-refractivity contribution in [1.29, 1.82) is 0 Å². The van der Waals surface area contributed by atoms with Crippen LogP contribution in [0.4, 0.5) is 11.5 Å². The minimum atomic E-state index is 0.814. The van der Waals surface area contributed by atoms with Crippen LogP contribution in [-0.4, -0.2) is 14.8 Å². The Morgan fingerprint density at radius 3 is 2.73 bits per heavy atom. The molecule has 0 saturated heterocycles. The average Bonchev–Trinajstić information content (AvgIpc) is 2.49. The van der Waals surface area contributed by atoms with Crippen molar-refractivity contribution in [2.24, 2.45) is 7.05 Å². The molecule has 0 atom stereocenters. The molecular weight excluding hydrogens is 256 g/mol. The summed E-state index contributed by atoms with van der Waals surface area (Å²) in [6.07, 6.45) is 3.69. The second-order valence-corrected chi connectivity index (χ2v) is 4.20. The molecule has 0 spiro atoms. The second kappa shape index (κ2) is 4.02. The first-order valence-corrected chi connectivity index (χ1v) is 5.33. The highest BCUT2D eigenvalue weighted by Gasteiger charge is 2.03. The number of halogens is 1. The zero-order valence-corrected chi connectivity index (χ0v) is 10.1. The van der Waals surface area contributed by atoms with Crippen molar-refractivity contribution in [3.05, 3.63) is 34.7 Å². The van der Waals surface area contributed by atoms with Gasteiger partial charge in [0.15, 0.2) is 0 Å². The molecule has 1 N–H and O–H groups in total. The number of nitrogens with zero attached hydrogens (tertiary/aromatic N) is 3. The second-order valence-electron chi connectivity index (χ2n) is 3.29. The van der Waals surface area contributed by atoms with Crippen molar-refractivity contribution in [3.63, 3.8) is 0 Å². The Labute approximate surface area is 96.5 Å². The molecule has 2 rings (SSSR count). The number of hydrogen-bond acceptors (Lipinski definition) is 3. The lowest BCUT2D eigenvalue weighted by atomic mass is 10.4. The van der Waals surface area contributed by atoms with E-state index >= 15 is 0 Å². The van der Waals surface area contributed by atoms with Gasteiger partial charge in [0.2, 0.25) is 0 Å². The van der Waals surface area contributed by atoms with Crippen LogP contribution < -0.4 is 5.32 Å². The van der Waals surface area contributed by atoms with Crippen molar-refractivity contribution >= 4 is 27.4 Å². The van der Waals surface area contributed by atoms with Gasteiger partial charge in [-0.25, -0.2) is 4.98 Å². The Hall–Kier alpha value is -1.36. The van der Waals surface area contributed by atoms with Crippen molar-refractivity contribution in [3.8, 4) is 0 Å². The van der Waals surface area contributed by atoms with Gasteiger partial charge in [-0.3, -0.25) is 4.68 Å². The van der Waals surface area contributed by atoms with Gasteiger partial charge in [-0.15, -0.1) is 0 Å². The Morgan fingerprint density at radius 1 is 1.40 bits per heavy atom. The van der Waals surface area contributed by atoms with Crippen LogP contribution in [0.15, 0.2) is 29.0 Å². The molecule has 0 fully saturated rings. The maximum absolute atomic E-state index is 4.24. The standard InChI is InChI=1S/C10H11BrN4/c1-7-9(6-15(2)14-7)13-10-4-3-8(11)5-12-10/h3-6H,1-2H3,(H,12,13). The fourth-order valence-electron chi connectivity index (χ4n) is 1.31. The van der Waals surface area contributed by atoms with Crippen LogP contribution in [0.3, 0.4) is 0 Å². The summed E-state index contributed by atoms with van der Waals surface area (Å²) in [6, 6.07) is 3.86. The third-order valence-electron chi connectivity index (χ3n) is 2.00. The zero-order chi connectivity index (χ0) is 10.8. The molecule has 2 aromatic rings. The molecule has 2 aromatic heterocycles. The summed E-state index contributed by atoms with van der Waals surface area (Å²) in [5.74, 6) is 0.814. The molecule has 0 bridgehead atoms. The lowest BCUT2D eigenvalue weighted by Gasteiger charge is -2.02. The number of nitrogens with one attached hydrogen (secondary N) is 1. The average molecular weight is 267 g/mol. The van der Waals surface area contributed by atoms with Crippen molar-refractivity contribution in [2.75, 3.05) is 5.32 Å². The molecule has 0 aromatic carbocycles. The van der Waals surface area contributed by atoms with Gasteiger partial charge < -0.3 is 5.32 Å². The topological polar surface area (TPSA) is 42.7 Å². The monoisotopic (exact) mass is 266 g/mol. The SMILES string of the molecule is Cc1nn(C)cc1Nc1ccc(Br)cn1. The van der Waals surface area contributed by atoms with E-state index in [4.69, 9.17) is 0 Å². The Balaban J connectivity index is 2.21. The molecule has 2 heterocycles. The van der Waals surface area contributed by atoms with Crippen LogP contribution in [0.2, 0.25) is 0 Å². The quantitative estimate of drug-likeness (QED) is 0.909. The zero-order valence-electron chi connectivity index (χ0n) is 8.53. The van der Waals surface area contributed by atoms with Gasteiger partial charge in [0.25, 0.3) is 0 Å². The third kappa shape index (κ3) is 2.36. The first-order valence-electron chi connectivity index (χ1n) is 4.54. The van der Waals surface area contributed by atoms with Crippen LogP contribution in [0.25, 0.3) is 0 Å². The summed E-state index contributed by atoms with van der Waals surface area (Å²) >= 11 is 3.34. The van der Waals surface area contributed by atoms with Crippen LogP contribution in [0.1, 0.15) is 5.69 Å². The summed E-state index contributed by atoms with van der Waals surface area (Å²) in [7, 11) is 1.90. The minimum absolute atomic E-state index is 0.814. The predicted molar refractivity (Wildman–Crippen MR) is 63.2 cm³/mol. The summed E-state index contributed by atoms with van der Waals surface area (Å²) in [6.45, 7) is 1.96. The van der Waals surface area contributed by atoms with Gasteiger partial charge >= 0.3 is 0 Å². The molecule has 4 nitrogen and oxygen atoms in total. The maximum atomic E-state index is 4.24. The molecule has 0 radical (unpaired) electrons. The molecule has 78 valence electrons. The van der Waals surface area contributed by atoms with Crippen LogP contribution >= 0.6 is 15.9 Å². The lowest BCUT2D eigenvalue weighted by molar-refractivity contribution is 0.756. The van der Waals surface area contributed by atoms with E-state index in [1.807, 2.05) is 32.3 Å². The van der Waals surface area contributed by atoms with Gasteiger partial charge in [0, 0.05) is 23.9 Å². The van der Waals surface area contributed by atoms with Crippen molar-refractivity contribution < 1.29 is 0 Å². The molecule has 0 aliphatic rings. The van der Waals surface area contributed by atoms with E-state index in [1.54, 1.807) is 10.9 Å². The molecule has 5 heteroatoms. The lowest BCUT2D eigenvalue weighted by Crippen LogP contribution is -1.92. The van der Waals surface area contributed by atoms with E-state index in [-0.39, 0.29) is 0 Å². The Morgan fingerprint density at radius 2 is 2.20 bits per heavy atom. The fourth-order valence-corrected chi connectivity index (χ4v) is 1.54. The highest BCUT2D eigenvalue weighted by molar-refractivity contribution is 9.10. The van der Waals surface area contributed by atoms with Gasteiger partial charge in [-0.05, 0) is 35.0 Å². The van der Waals surface area contributed by atoms with E-state index < -0.39 is 0 Å². The van der Waals surface area contributed by atoms with E-state index in [1.165, 1.54) is 0 Å².